The van der Waals surface area contributed by atoms with Gasteiger partial charge in [0, 0.05) is 11.6 Å². The molecule has 6 nitrogen and oxygen atoms in total. The van der Waals surface area contributed by atoms with Crippen molar-refractivity contribution >= 4 is 11.9 Å². The second-order valence-electron chi connectivity index (χ2n) is 7.74. The zero-order valence-electron chi connectivity index (χ0n) is 19.4. The van der Waals surface area contributed by atoms with Gasteiger partial charge in [0.15, 0.2) is 17.3 Å². The quantitative estimate of drug-likeness (QED) is 0.445. The summed E-state index contributed by atoms with van der Waals surface area (Å²) in [4.78, 5) is 12.9. The van der Waals surface area contributed by atoms with E-state index in [2.05, 4.69) is 32.0 Å². The van der Waals surface area contributed by atoms with Crippen LogP contribution in [0.25, 0.3) is 6.08 Å². The van der Waals surface area contributed by atoms with Gasteiger partial charge in [-0.1, -0.05) is 23.8 Å². The van der Waals surface area contributed by atoms with Gasteiger partial charge in [0.05, 0.1) is 26.9 Å². The second kappa shape index (κ2) is 9.28. The van der Waals surface area contributed by atoms with Crippen molar-refractivity contribution in [2.45, 2.75) is 20.5 Å². The average Bonchev–Trinajstić information content (AvgIpc) is 3.13. The SMILES string of the molecule is COc1ccc(C=C2Oc3cc(OCc4cc(C)ccc4C)ccc3C2=O)c(OC)c1OC. The van der Waals surface area contributed by atoms with Crippen LogP contribution < -0.4 is 23.7 Å². The van der Waals surface area contributed by atoms with Gasteiger partial charge in [0.25, 0.3) is 0 Å². The van der Waals surface area contributed by atoms with E-state index in [0.717, 1.165) is 5.56 Å². The average molecular weight is 446 g/mol. The Morgan fingerprint density at radius 3 is 2.39 bits per heavy atom. The zero-order chi connectivity index (χ0) is 23.5. The van der Waals surface area contributed by atoms with Gasteiger partial charge in [-0.3, -0.25) is 4.79 Å². The van der Waals surface area contributed by atoms with Crippen LogP contribution >= 0.6 is 0 Å². The van der Waals surface area contributed by atoms with Crippen LogP contribution in [0.3, 0.4) is 0 Å². The lowest BCUT2D eigenvalue weighted by Crippen LogP contribution is -2.00. The van der Waals surface area contributed by atoms with Crippen LogP contribution in [0.4, 0.5) is 0 Å². The summed E-state index contributed by atoms with van der Waals surface area (Å²) in [5.41, 5.74) is 4.59. The van der Waals surface area contributed by atoms with Crippen LogP contribution in [0, 0.1) is 13.8 Å². The van der Waals surface area contributed by atoms with E-state index in [9.17, 15) is 4.79 Å². The van der Waals surface area contributed by atoms with Crippen molar-refractivity contribution in [3.8, 4) is 28.7 Å². The molecule has 3 aromatic carbocycles. The van der Waals surface area contributed by atoms with Crippen LogP contribution in [0.15, 0.2) is 54.3 Å². The summed E-state index contributed by atoms with van der Waals surface area (Å²) < 4.78 is 28.1. The first-order valence-corrected chi connectivity index (χ1v) is 10.5. The van der Waals surface area contributed by atoms with E-state index < -0.39 is 0 Å². The fraction of sp³-hybridized carbons (Fsp3) is 0.222. The molecule has 0 amide bonds. The number of benzene rings is 3. The number of hydrogen-bond donors (Lipinski definition) is 0. The number of carbonyl (C=O) groups is 1. The molecule has 1 heterocycles. The molecule has 1 aliphatic heterocycles. The van der Waals surface area contributed by atoms with Gasteiger partial charge >= 0.3 is 0 Å². The van der Waals surface area contributed by atoms with Gasteiger partial charge in [0.1, 0.15) is 18.1 Å². The van der Waals surface area contributed by atoms with Crippen molar-refractivity contribution in [3.63, 3.8) is 0 Å². The van der Waals surface area contributed by atoms with Crippen LogP contribution in [0.2, 0.25) is 0 Å². The topological polar surface area (TPSA) is 63.2 Å². The number of methoxy groups -OCH3 is 3. The highest BCUT2D eigenvalue weighted by Gasteiger charge is 2.28. The summed E-state index contributed by atoms with van der Waals surface area (Å²) in [7, 11) is 4.62. The maximum atomic E-state index is 12.9. The monoisotopic (exact) mass is 446 g/mol. The number of ether oxygens (including phenoxy) is 5. The number of fused-ring (bicyclic) bond motifs is 1. The first-order chi connectivity index (χ1) is 15.9. The van der Waals surface area contributed by atoms with E-state index in [4.69, 9.17) is 23.7 Å². The van der Waals surface area contributed by atoms with Crippen molar-refractivity contribution in [2.75, 3.05) is 21.3 Å². The molecule has 0 bridgehead atoms. The van der Waals surface area contributed by atoms with Crippen LogP contribution in [0.1, 0.15) is 32.6 Å². The Labute approximate surface area is 193 Å². The van der Waals surface area contributed by atoms with Crippen LogP contribution in [0.5, 0.6) is 28.7 Å². The van der Waals surface area contributed by atoms with Crippen molar-refractivity contribution in [1.29, 1.82) is 0 Å². The summed E-state index contributed by atoms with van der Waals surface area (Å²) in [6.45, 7) is 4.55. The molecule has 4 rings (SSSR count). The largest absolute Gasteiger partial charge is 0.493 e. The van der Waals surface area contributed by atoms with E-state index >= 15 is 0 Å². The van der Waals surface area contributed by atoms with Crippen molar-refractivity contribution < 1.29 is 28.5 Å². The molecule has 170 valence electrons. The third-order valence-electron chi connectivity index (χ3n) is 5.56. The predicted octanol–water partition coefficient (Wildman–Crippen LogP) is 5.52. The summed E-state index contributed by atoms with van der Waals surface area (Å²) in [6, 6.07) is 15.1. The summed E-state index contributed by atoms with van der Waals surface area (Å²) in [5, 5.41) is 0. The zero-order valence-corrected chi connectivity index (χ0v) is 19.4. The molecule has 0 atom stereocenters. The van der Waals surface area contributed by atoms with Crippen molar-refractivity contribution in [2.24, 2.45) is 0 Å². The number of rotatable bonds is 7. The molecule has 3 aromatic rings. The third-order valence-corrected chi connectivity index (χ3v) is 5.56. The molecule has 0 aromatic heterocycles. The number of Topliss-reactive ketones (excluding diaryl/α,β-unsaturated/α-hetero) is 1. The highest BCUT2D eigenvalue weighted by molar-refractivity contribution is 6.14. The smallest absolute Gasteiger partial charge is 0.231 e. The molecule has 0 unspecified atom stereocenters. The van der Waals surface area contributed by atoms with E-state index in [1.54, 1.807) is 43.5 Å². The number of hydrogen-bond acceptors (Lipinski definition) is 6. The molecular weight excluding hydrogens is 420 g/mol. The Bertz CT molecular complexity index is 1240. The molecule has 0 aliphatic carbocycles. The minimum atomic E-state index is -0.206. The summed E-state index contributed by atoms with van der Waals surface area (Å²) in [6.07, 6.45) is 1.64. The molecule has 6 heteroatoms. The Balaban J connectivity index is 1.58. The highest BCUT2D eigenvalue weighted by atomic mass is 16.5. The standard InChI is InChI=1S/C27H26O6/c1-16-6-7-17(2)19(12-16)15-32-20-9-10-21-23(14-20)33-24(25(21)28)13-18-8-11-22(29-3)27(31-5)26(18)30-4/h6-14H,15H2,1-5H3. The molecule has 1 aliphatic rings. The lowest BCUT2D eigenvalue weighted by molar-refractivity contribution is 0.101. The molecule has 0 saturated heterocycles. The molecule has 0 N–H and O–H groups in total. The number of aryl methyl sites for hydroxylation is 2. The number of carbonyl (C=O) groups excluding carboxylic acids is 1. The first kappa shape index (κ1) is 22.3. The first-order valence-electron chi connectivity index (χ1n) is 10.5. The normalized spacial score (nSPS) is 13.5. The Kier molecular flexibility index (Phi) is 6.27. The van der Waals surface area contributed by atoms with E-state index in [0.29, 0.717) is 46.5 Å². The Morgan fingerprint density at radius 2 is 1.67 bits per heavy atom. The molecule has 0 fully saturated rings. The van der Waals surface area contributed by atoms with Gasteiger partial charge in [-0.15, -0.1) is 0 Å². The maximum Gasteiger partial charge on any atom is 0.231 e. The second-order valence-corrected chi connectivity index (χ2v) is 7.74. The summed E-state index contributed by atoms with van der Waals surface area (Å²) in [5.74, 6) is 2.51. The highest BCUT2D eigenvalue weighted by Crippen LogP contribution is 2.42. The van der Waals surface area contributed by atoms with Gasteiger partial charge in [-0.2, -0.15) is 0 Å². The van der Waals surface area contributed by atoms with Gasteiger partial charge in [-0.25, -0.2) is 0 Å². The van der Waals surface area contributed by atoms with E-state index in [-0.39, 0.29) is 11.5 Å². The lowest BCUT2D eigenvalue weighted by Gasteiger charge is -2.14. The minimum Gasteiger partial charge on any atom is -0.493 e. The minimum absolute atomic E-state index is 0.196. The summed E-state index contributed by atoms with van der Waals surface area (Å²) >= 11 is 0. The van der Waals surface area contributed by atoms with Crippen LogP contribution in [-0.2, 0) is 6.61 Å². The fourth-order valence-corrected chi connectivity index (χ4v) is 3.75. The number of allylic oxidation sites excluding steroid dienone is 1. The molecule has 0 saturated carbocycles. The number of ketones is 1. The van der Waals surface area contributed by atoms with E-state index in [1.165, 1.54) is 25.3 Å². The van der Waals surface area contributed by atoms with Gasteiger partial charge in [0.2, 0.25) is 11.5 Å². The molecule has 0 radical (unpaired) electrons. The Hall–Kier alpha value is -3.93. The van der Waals surface area contributed by atoms with Gasteiger partial charge in [-0.05, 0) is 55.3 Å². The Morgan fingerprint density at radius 1 is 0.879 bits per heavy atom. The molecule has 0 spiro atoms. The third kappa shape index (κ3) is 4.37. The maximum absolute atomic E-state index is 12.9. The predicted molar refractivity (Wildman–Crippen MR) is 126 cm³/mol. The van der Waals surface area contributed by atoms with Crippen molar-refractivity contribution in [3.05, 3.63) is 82.1 Å². The van der Waals surface area contributed by atoms with E-state index in [1.807, 2.05) is 0 Å². The molecule has 33 heavy (non-hydrogen) atoms. The van der Waals surface area contributed by atoms with Gasteiger partial charge < -0.3 is 23.7 Å². The lowest BCUT2D eigenvalue weighted by atomic mass is 10.1. The molecular formula is C27H26O6. The fourth-order valence-electron chi connectivity index (χ4n) is 3.75. The van der Waals surface area contributed by atoms with Crippen LogP contribution in [-0.4, -0.2) is 27.1 Å². The van der Waals surface area contributed by atoms with Crippen molar-refractivity contribution in [1.82, 2.24) is 0 Å².